The van der Waals surface area contributed by atoms with Crippen LogP contribution in [0.2, 0.25) is 0 Å². The van der Waals surface area contributed by atoms with Crippen LogP contribution < -0.4 is 0 Å². The predicted octanol–water partition coefficient (Wildman–Crippen LogP) is 8.02. The molecular formula is C43H45N3O8. The Balaban J connectivity index is 0.000000631. The fourth-order valence-electron chi connectivity index (χ4n) is 7.67. The molecule has 11 nitrogen and oxygen atoms in total. The van der Waals surface area contributed by atoms with Crippen molar-refractivity contribution >= 4 is 29.2 Å². The number of likely N-dealkylation sites (tertiary alicyclic amines) is 1. The molecule has 1 aromatic heterocycles. The standard InChI is InChI=1S/C39H41N3O4.C4H4O4/c1-28-36(37(29-13-11-18-32(27-29)42(45)46)38-33(40-28)19-12-21-35(38)44)34(43)20-9-4-10-24-41-25-22-39(23-26-41,30-14-5-2-6-15-30)31-16-7-3-8-17-31;5-3(6)1-2-4(7)8/h2-3,5-8,11,13-18,27H,4,9-10,12,19-26H2,1H3;1-2H,(H,5,6)(H,7,8)/b;2-1+. The number of aromatic nitrogens is 1. The second-order valence-electron chi connectivity index (χ2n) is 13.8. The summed E-state index contributed by atoms with van der Waals surface area (Å²) in [6.07, 6.45) is 8.05. The van der Waals surface area contributed by atoms with Gasteiger partial charge in [0.05, 0.1) is 10.6 Å². The number of benzene rings is 3. The molecular weight excluding hydrogens is 686 g/mol. The highest BCUT2D eigenvalue weighted by atomic mass is 16.6. The molecule has 54 heavy (non-hydrogen) atoms. The molecule has 280 valence electrons. The van der Waals surface area contributed by atoms with Crippen LogP contribution in [0.4, 0.5) is 5.69 Å². The number of nitro groups is 1. The fourth-order valence-corrected chi connectivity index (χ4v) is 7.67. The van der Waals surface area contributed by atoms with Crippen LogP contribution in [0, 0.1) is 17.0 Å². The summed E-state index contributed by atoms with van der Waals surface area (Å²) in [5.41, 5.74) is 5.97. The molecule has 1 aliphatic carbocycles. The van der Waals surface area contributed by atoms with E-state index < -0.39 is 16.9 Å². The summed E-state index contributed by atoms with van der Waals surface area (Å²) in [5.74, 6) is -2.62. The molecule has 2 heterocycles. The molecule has 0 bridgehead atoms. The van der Waals surface area contributed by atoms with Crippen LogP contribution in [-0.2, 0) is 21.4 Å². The maximum atomic E-state index is 13.8. The second kappa shape index (κ2) is 18.3. The van der Waals surface area contributed by atoms with Gasteiger partial charge < -0.3 is 15.1 Å². The molecule has 0 unspecified atom stereocenters. The number of Topliss-reactive ketones (excluding diaryl/α,β-unsaturated/α-hetero) is 2. The first-order valence-corrected chi connectivity index (χ1v) is 18.3. The van der Waals surface area contributed by atoms with E-state index in [4.69, 9.17) is 15.2 Å². The molecule has 4 aromatic rings. The summed E-state index contributed by atoms with van der Waals surface area (Å²) in [4.78, 5) is 64.4. The van der Waals surface area contributed by atoms with Crippen LogP contribution >= 0.6 is 0 Å². The number of carboxylic acids is 2. The number of nitrogens with zero attached hydrogens (tertiary/aromatic N) is 3. The molecule has 6 rings (SSSR count). The smallest absolute Gasteiger partial charge is 0.328 e. The number of hydrogen-bond acceptors (Lipinski definition) is 8. The number of hydrogen-bond donors (Lipinski definition) is 2. The molecule has 0 atom stereocenters. The summed E-state index contributed by atoms with van der Waals surface area (Å²) >= 11 is 0. The molecule has 11 heteroatoms. The van der Waals surface area contributed by atoms with E-state index in [1.165, 1.54) is 23.3 Å². The molecule has 0 spiro atoms. The SMILES string of the molecule is Cc1nc2c(c(-c3cccc([N+](=O)[O-])c3)c1C(=O)CCCCCN1CCC(c3ccccc3)(c3ccccc3)CC1)C(=O)CCC2.O=C(O)/C=C/C(=O)O. The lowest BCUT2D eigenvalue weighted by atomic mass is 9.68. The molecule has 2 N–H and O–H groups in total. The Bertz CT molecular complexity index is 1960. The number of carbonyl (C=O) groups excluding carboxylic acids is 2. The van der Waals surface area contributed by atoms with Crippen molar-refractivity contribution in [2.45, 2.75) is 70.1 Å². The van der Waals surface area contributed by atoms with Gasteiger partial charge >= 0.3 is 11.9 Å². The van der Waals surface area contributed by atoms with Gasteiger partial charge in [-0.25, -0.2) is 9.59 Å². The van der Waals surface area contributed by atoms with Crippen LogP contribution in [0.1, 0.15) is 94.6 Å². The normalized spacial score (nSPS) is 15.2. The minimum atomic E-state index is -1.26. The number of nitro benzene ring substituents is 1. The van der Waals surface area contributed by atoms with Gasteiger partial charge in [-0.1, -0.05) is 79.2 Å². The lowest BCUT2D eigenvalue weighted by molar-refractivity contribution is -0.384. The number of aryl methyl sites for hydroxylation is 2. The molecule has 0 saturated carbocycles. The van der Waals surface area contributed by atoms with E-state index in [0.717, 1.165) is 58.2 Å². The van der Waals surface area contributed by atoms with Crippen LogP contribution in [0.5, 0.6) is 0 Å². The summed E-state index contributed by atoms with van der Waals surface area (Å²) in [5, 5.41) is 27.2. The number of unbranched alkanes of at least 4 members (excludes halogenated alkanes) is 2. The third-order valence-corrected chi connectivity index (χ3v) is 10.3. The number of ketones is 2. The van der Waals surface area contributed by atoms with Gasteiger partial charge in [-0.15, -0.1) is 0 Å². The van der Waals surface area contributed by atoms with Crippen molar-refractivity contribution in [3.8, 4) is 11.1 Å². The van der Waals surface area contributed by atoms with Gasteiger partial charge in [-0.3, -0.25) is 24.7 Å². The zero-order valence-corrected chi connectivity index (χ0v) is 30.4. The van der Waals surface area contributed by atoms with Crippen molar-refractivity contribution in [1.82, 2.24) is 9.88 Å². The monoisotopic (exact) mass is 731 g/mol. The quantitative estimate of drug-likeness (QED) is 0.0452. The molecule has 0 radical (unpaired) electrons. The van der Waals surface area contributed by atoms with Gasteiger partial charge in [0, 0.05) is 64.9 Å². The highest BCUT2D eigenvalue weighted by Crippen LogP contribution is 2.42. The lowest BCUT2D eigenvalue weighted by Gasteiger charge is -2.43. The molecule has 0 amide bonds. The third kappa shape index (κ3) is 9.59. The Morgan fingerprint density at radius 3 is 2.02 bits per heavy atom. The first-order valence-electron chi connectivity index (χ1n) is 18.3. The maximum absolute atomic E-state index is 13.8. The number of carboxylic acid groups (broad SMARTS) is 2. The lowest BCUT2D eigenvalue weighted by Crippen LogP contribution is -2.43. The molecule has 1 aliphatic heterocycles. The van der Waals surface area contributed by atoms with Crippen molar-refractivity contribution in [2.75, 3.05) is 19.6 Å². The highest BCUT2D eigenvalue weighted by Gasteiger charge is 2.37. The van der Waals surface area contributed by atoms with Crippen LogP contribution in [0.3, 0.4) is 0 Å². The summed E-state index contributed by atoms with van der Waals surface area (Å²) in [6, 6.07) is 28.0. The zero-order valence-electron chi connectivity index (χ0n) is 30.4. The Labute approximate surface area is 314 Å². The predicted molar refractivity (Wildman–Crippen MR) is 205 cm³/mol. The van der Waals surface area contributed by atoms with Crippen molar-refractivity contribution in [2.24, 2.45) is 0 Å². The number of piperidine rings is 1. The zero-order chi connectivity index (χ0) is 38.7. The van der Waals surface area contributed by atoms with E-state index in [2.05, 4.69) is 65.6 Å². The molecule has 1 saturated heterocycles. The van der Waals surface area contributed by atoms with E-state index in [1.807, 2.05) is 6.92 Å². The molecule has 1 fully saturated rings. The van der Waals surface area contributed by atoms with Crippen molar-refractivity contribution in [1.29, 1.82) is 0 Å². The number of aliphatic carboxylic acids is 2. The Kier molecular flexibility index (Phi) is 13.3. The highest BCUT2D eigenvalue weighted by molar-refractivity contribution is 6.12. The number of pyridine rings is 1. The molecule has 3 aromatic carbocycles. The van der Waals surface area contributed by atoms with Gasteiger partial charge in [0.1, 0.15) is 0 Å². The topological polar surface area (TPSA) is 168 Å². The Hall–Kier alpha value is -5.81. The minimum absolute atomic E-state index is 0.0322. The van der Waals surface area contributed by atoms with E-state index >= 15 is 0 Å². The van der Waals surface area contributed by atoms with Crippen LogP contribution in [0.25, 0.3) is 11.1 Å². The summed E-state index contributed by atoms with van der Waals surface area (Å²) in [6.45, 7) is 4.88. The van der Waals surface area contributed by atoms with E-state index in [9.17, 15) is 29.3 Å². The van der Waals surface area contributed by atoms with Gasteiger partial charge in [0.2, 0.25) is 0 Å². The number of fused-ring (bicyclic) bond motifs is 1. The minimum Gasteiger partial charge on any atom is -0.478 e. The second-order valence-corrected chi connectivity index (χ2v) is 13.8. The largest absolute Gasteiger partial charge is 0.478 e. The number of rotatable bonds is 13. The van der Waals surface area contributed by atoms with Gasteiger partial charge in [-0.05, 0) is 81.8 Å². The van der Waals surface area contributed by atoms with Crippen molar-refractivity contribution < 1.29 is 34.3 Å². The van der Waals surface area contributed by atoms with Crippen molar-refractivity contribution in [3.05, 3.63) is 141 Å². The number of carbonyl (C=O) groups is 4. The first-order chi connectivity index (χ1) is 26.0. The number of non-ortho nitro benzene ring substituents is 1. The van der Waals surface area contributed by atoms with E-state index in [-0.39, 0.29) is 22.7 Å². The van der Waals surface area contributed by atoms with Crippen molar-refractivity contribution in [3.63, 3.8) is 0 Å². The Morgan fingerprint density at radius 1 is 0.833 bits per heavy atom. The summed E-state index contributed by atoms with van der Waals surface area (Å²) in [7, 11) is 0. The molecule has 2 aliphatic rings. The van der Waals surface area contributed by atoms with Crippen LogP contribution in [0.15, 0.2) is 97.1 Å². The average Bonchev–Trinajstić information content (AvgIpc) is 3.17. The van der Waals surface area contributed by atoms with Gasteiger partial charge in [-0.2, -0.15) is 0 Å². The van der Waals surface area contributed by atoms with Crippen LogP contribution in [-0.4, -0.2) is 68.2 Å². The first kappa shape index (κ1) is 39.4. The Morgan fingerprint density at radius 2 is 1.44 bits per heavy atom. The summed E-state index contributed by atoms with van der Waals surface area (Å²) < 4.78 is 0. The van der Waals surface area contributed by atoms with Gasteiger partial charge in [0.25, 0.3) is 5.69 Å². The third-order valence-electron chi connectivity index (χ3n) is 10.3. The maximum Gasteiger partial charge on any atom is 0.328 e. The fraction of sp³-hybridized carbons (Fsp3) is 0.326. The van der Waals surface area contributed by atoms with E-state index in [1.54, 1.807) is 12.1 Å². The average molecular weight is 732 g/mol. The van der Waals surface area contributed by atoms with Gasteiger partial charge in [0.15, 0.2) is 11.6 Å². The van der Waals surface area contributed by atoms with E-state index in [0.29, 0.717) is 65.1 Å².